The van der Waals surface area contributed by atoms with Crippen molar-refractivity contribution in [3.63, 3.8) is 0 Å². The molecule has 1 unspecified atom stereocenters. The third kappa shape index (κ3) is 7.84. The smallest absolute Gasteiger partial charge is 0.255 e. The molecule has 66 heavy (non-hydrogen) atoms. The van der Waals surface area contributed by atoms with Crippen molar-refractivity contribution in [1.82, 2.24) is 49.2 Å². The molecule has 15 nitrogen and oxygen atoms in total. The number of rotatable bonds is 9. The van der Waals surface area contributed by atoms with E-state index in [2.05, 4.69) is 115 Å². The molecule has 3 aliphatic heterocycles. The Labute approximate surface area is 383 Å². The first-order valence-electron chi connectivity index (χ1n) is 23.0. The number of H-pyrrole nitrogens is 2. The van der Waals surface area contributed by atoms with Gasteiger partial charge in [0.15, 0.2) is 0 Å². The Balaban J connectivity index is 0.000000158. The van der Waals surface area contributed by atoms with Crippen molar-refractivity contribution >= 4 is 33.7 Å². The van der Waals surface area contributed by atoms with Crippen LogP contribution in [-0.4, -0.2) is 86.2 Å². The minimum Gasteiger partial charge on any atom is -0.489 e. The van der Waals surface area contributed by atoms with Crippen LogP contribution in [0.2, 0.25) is 0 Å². The van der Waals surface area contributed by atoms with E-state index >= 15 is 0 Å². The summed E-state index contributed by atoms with van der Waals surface area (Å²) in [6, 6.07) is 20.1. The molecule has 1 atom stereocenters. The maximum absolute atomic E-state index is 13.1. The van der Waals surface area contributed by atoms with Crippen LogP contribution in [0, 0.1) is 0 Å². The van der Waals surface area contributed by atoms with E-state index in [-0.39, 0.29) is 40.4 Å². The van der Waals surface area contributed by atoms with Crippen LogP contribution in [0.15, 0.2) is 107 Å². The zero-order chi connectivity index (χ0) is 46.1. The maximum atomic E-state index is 13.1. The minimum atomic E-state index is -0.171. The van der Waals surface area contributed by atoms with Crippen LogP contribution in [-0.2, 0) is 19.6 Å². The summed E-state index contributed by atoms with van der Waals surface area (Å²) >= 11 is 0. The molecule has 2 aromatic carbocycles. The molecule has 1 fully saturated rings. The highest BCUT2D eigenvalue weighted by atomic mass is 16.5. The third-order valence-corrected chi connectivity index (χ3v) is 13.1. The second-order valence-corrected chi connectivity index (χ2v) is 19.7. The lowest BCUT2D eigenvalue weighted by atomic mass is 10.0. The standard InChI is InChI=1S/C28H29N7O.C23H29N5O2/c1-18(2)35-27-32-25(11-26(36)34(27)17-28(35,3)4)23-14-30-24-8-7-20(10-22(23)24)21-13-31-33(16-21)15-19-6-5-9-29-12-19;1-14(2)28-22-26-20(10-21(29)27(22)13-23(28,3)4)18-12-25-19-6-5-15(9-17(18)19)30-16-7-8-24-11-16/h5-14,16,18,30H,15,17H2,1-4H3;5-6,9-10,12,14,16,24-25H,7-8,11,13H2,1-4H3. The Morgan fingerprint density at radius 1 is 0.742 bits per heavy atom. The highest BCUT2D eigenvalue weighted by Gasteiger charge is 2.41. The van der Waals surface area contributed by atoms with Gasteiger partial charge < -0.3 is 29.8 Å². The highest BCUT2D eigenvalue weighted by Crippen LogP contribution is 2.38. The van der Waals surface area contributed by atoms with Gasteiger partial charge in [0.2, 0.25) is 11.9 Å². The van der Waals surface area contributed by atoms with E-state index in [4.69, 9.17) is 14.7 Å². The Morgan fingerprint density at radius 3 is 1.91 bits per heavy atom. The van der Waals surface area contributed by atoms with Crippen molar-refractivity contribution in [2.75, 3.05) is 22.9 Å². The lowest BCUT2D eigenvalue weighted by Gasteiger charge is -2.35. The van der Waals surface area contributed by atoms with Crippen molar-refractivity contribution in [2.24, 2.45) is 0 Å². The largest absolute Gasteiger partial charge is 0.489 e. The average molecular weight is 887 g/mol. The number of anilines is 2. The van der Waals surface area contributed by atoms with Crippen LogP contribution in [0.25, 0.3) is 55.4 Å². The summed E-state index contributed by atoms with van der Waals surface area (Å²) < 4.78 is 11.6. The number of nitrogens with zero attached hydrogens (tertiary/aromatic N) is 9. The van der Waals surface area contributed by atoms with Gasteiger partial charge in [0, 0.05) is 100 Å². The molecule has 340 valence electrons. The van der Waals surface area contributed by atoms with Gasteiger partial charge in [-0.05, 0) is 116 Å². The molecule has 1 saturated heterocycles. The lowest BCUT2D eigenvalue weighted by molar-refractivity contribution is 0.223. The zero-order valence-corrected chi connectivity index (χ0v) is 39.0. The summed E-state index contributed by atoms with van der Waals surface area (Å²) in [4.78, 5) is 51.4. The summed E-state index contributed by atoms with van der Waals surface area (Å²) in [7, 11) is 0. The van der Waals surface area contributed by atoms with Crippen LogP contribution < -0.4 is 31.0 Å². The number of benzene rings is 2. The topological polar surface area (TPSA) is 160 Å². The fourth-order valence-corrected chi connectivity index (χ4v) is 10.4. The van der Waals surface area contributed by atoms with Crippen molar-refractivity contribution in [3.8, 4) is 39.4 Å². The van der Waals surface area contributed by atoms with Crippen LogP contribution in [0.5, 0.6) is 5.75 Å². The third-order valence-electron chi connectivity index (χ3n) is 13.1. The number of nitrogens with one attached hydrogen (secondary N) is 3. The molecule has 0 saturated carbocycles. The Morgan fingerprint density at radius 2 is 1.35 bits per heavy atom. The molecule has 0 bridgehead atoms. The molecule has 8 aromatic rings. The summed E-state index contributed by atoms with van der Waals surface area (Å²) in [5.41, 5.74) is 8.07. The van der Waals surface area contributed by atoms with E-state index in [1.807, 2.05) is 59.9 Å². The van der Waals surface area contributed by atoms with Crippen LogP contribution >= 0.6 is 0 Å². The van der Waals surface area contributed by atoms with Gasteiger partial charge in [-0.3, -0.25) is 28.4 Å². The summed E-state index contributed by atoms with van der Waals surface area (Å²) in [6.45, 7) is 21.0. The molecular weight excluding hydrogens is 829 g/mol. The Kier molecular flexibility index (Phi) is 10.7. The first-order valence-corrected chi connectivity index (χ1v) is 23.0. The van der Waals surface area contributed by atoms with Gasteiger partial charge >= 0.3 is 0 Å². The van der Waals surface area contributed by atoms with Gasteiger partial charge in [0.25, 0.3) is 11.1 Å². The van der Waals surface area contributed by atoms with Crippen molar-refractivity contribution in [3.05, 3.63) is 124 Å². The van der Waals surface area contributed by atoms with Gasteiger partial charge in [-0.15, -0.1) is 0 Å². The summed E-state index contributed by atoms with van der Waals surface area (Å²) in [5, 5.41) is 9.92. The molecule has 6 aromatic heterocycles. The first-order chi connectivity index (χ1) is 31.6. The molecule has 0 spiro atoms. The normalized spacial score (nSPS) is 17.2. The molecule has 0 aliphatic carbocycles. The first kappa shape index (κ1) is 42.9. The van der Waals surface area contributed by atoms with Crippen LogP contribution in [0.3, 0.4) is 0 Å². The number of fused-ring (bicyclic) bond motifs is 4. The predicted octanol–water partition coefficient (Wildman–Crippen LogP) is 7.84. The molecule has 0 amide bonds. The molecule has 11 rings (SSSR count). The second kappa shape index (κ2) is 16.5. The minimum absolute atomic E-state index is 0.00925. The second-order valence-electron chi connectivity index (χ2n) is 19.7. The van der Waals surface area contributed by atoms with Crippen LogP contribution in [0.1, 0.15) is 67.4 Å². The molecule has 3 N–H and O–H groups in total. The van der Waals surface area contributed by atoms with E-state index in [0.717, 1.165) is 86.8 Å². The lowest BCUT2D eigenvalue weighted by Crippen LogP contribution is -2.45. The van der Waals surface area contributed by atoms with Crippen LogP contribution in [0.4, 0.5) is 11.9 Å². The van der Waals surface area contributed by atoms with E-state index < -0.39 is 0 Å². The number of hydrogen-bond donors (Lipinski definition) is 3. The number of pyridine rings is 1. The SMILES string of the molecule is CC(C)N1c2nc(-c3c[nH]c4ccc(-c5cnn(Cc6cccnc6)c5)cc34)cc(=O)n2CC1(C)C.CC(C)N1c2nc(-c3c[nH]c4ccc(OC5CCNC5)cc34)cc(=O)n2CC1(C)C. The van der Waals surface area contributed by atoms with Crippen molar-refractivity contribution in [2.45, 2.75) is 111 Å². The molecule has 15 heteroatoms. The summed E-state index contributed by atoms with van der Waals surface area (Å²) in [6.07, 6.45) is 12.6. The van der Waals surface area contributed by atoms with Gasteiger partial charge in [0.05, 0.1) is 48.3 Å². The number of hydrogen-bond acceptors (Lipinski definition) is 10. The van der Waals surface area contributed by atoms with Gasteiger partial charge in [-0.25, -0.2) is 9.97 Å². The number of ether oxygens (including phenoxy) is 1. The molecule has 3 aliphatic rings. The zero-order valence-electron chi connectivity index (χ0n) is 39.0. The fourth-order valence-electron chi connectivity index (χ4n) is 10.4. The Hall–Kier alpha value is -7.00. The Bertz CT molecular complexity index is 3200. The molecule has 9 heterocycles. The van der Waals surface area contributed by atoms with Crippen molar-refractivity contribution in [1.29, 1.82) is 0 Å². The van der Waals surface area contributed by atoms with E-state index in [1.165, 1.54) is 0 Å². The van der Waals surface area contributed by atoms with E-state index in [1.54, 1.807) is 27.5 Å². The maximum Gasteiger partial charge on any atom is 0.255 e. The highest BCUT2D eigenvalue weighted by molar-refractivity contribution is 5.97. The molecular formula is C51H58N12O3. The van der Waals surface area contributed by atoms with E-state index in [0.29, 0.717) is 31.0 Å². The van der Waals surface area contributed by atoms with Gasteiger partial charge in [-0.2, -0.15) is 5.10 Å². The van der Waals surface area contributed by atoms with E-state index in [9.17, 15) is 9.59 Å². The van der Waals surface area contributed by atoms with Gasteiger partial charge in [-0.1, -0.05) is 12.1 Å². The number of aromatic nitrogens is 9. The fraction of sp³-hybridized carbons (Fsp3) is 0.373. The number of aromatic amines is 2. The average Bonchev–Trinajstić information content (AvgIpc) is 4.14. The molecule has 0 radical (unpaired) electrons. The predicted molar refractivity (Wildman–Crippen MR) is 261 cm³/mol. The quantitative estimate of drug-likeness (QED) is 0.130. The van der Waals surface area contributed by atoms with Crippen molar-refractivity contribution < 1.29 is 4.74 Å². The monoisotopic (exact) mass is 886 g/mol. The van der Waals surface area contributed by atoms with Gasteiger partial charge in [0.1, 0.15) is 11.9 Å². The summed E-state index contributed by atoms with van der Waals surface area (Å²) in [5.74, 6) is 2.33.